The molecule has 16 heavy (non-hydrogen) atoms. The van der Waals surface area contributed by atoms with Crippen molar-refractivity contribution < 1.29 is 19.0 Å². The van der Waals surface area contributed by atoms with Crippen LogP contribution in [0, 0.1) is 5.82 Å². The van der Waals surface area contributed by atoms with Gasteiger partial charge in [-0.1, -0.05) is 0 Å². The Morgan fingerprint density at radius 2 is 2.06 bits per heavy atom. The summed E-state index contributed by atoms with van der Waals surface area (Å²) < 4.78 is 23.0. The van der Waals surface area contributed by atoms with E-state index in [1.165, 1.54) is 20.3 Å². The van der Waals surface area contributed by atoms with Crippen LogP contribution in [0.3, 0.4) is 0 Å². The summed E-state index contributed by atoms with van der Waals surface area (Å²) in [5, 5.41) is 9.47. The molecule has 0 spiro atoms. The fourth-order valence-corrected chi connectivity index (χ4v) is 1.33. The maximum absolute atomic E-state index is 13.0. The second-order valence-electron chi connectivity index (χ2n) is 3.02. The maximum Gasteiger partial charge on any atom is 0.257 e. The number of nitrogens with zero attached hydrogens (tertiary/aromatic N) is 2. The van der Waals surface area contributed by atoms with Gasteiger partial charge in [0.1, 0.15) is 5.52 Å². The highest BCUT2D eigenvalue weighted by atomic mass is 19.1. The number of rotatable bonds is 2. The van der Waals surface area contributed by atoms with Crippen LogP contribution in [0.15, 0.2) is 12.3 Å². The first-order valence-electron chi connectivity index (χ1n) is 4.43. The van der Waals surface area contributed by atoms with Crippen molar-refractivity contribution in [1.29, 1.82) is 0 Å². The molecule has 0 saturated carbocycles. The van der Waals surface area contributed by atoms with Crippen molar-refractivity contribution in [3.63, 3.8) is 0 Å². The van der Waals surface area contributed by atoms with E-state index in [1.807, 2.05) is 0 Å². The summed E-state index contributed by atoms with van der Waals surface area (Å²) >= 11 is 0. The van der Waals surface area contributed by atoms with E-state index in [2.05, 4.69) is 9.97 Å². The van der Waals surface area contributed by atoms with Gasteiger partial charge in [0.15, 0.2) is 17.3 Å². The first kappa shape index (κ1) is 10.4. The molecular formula is C10H9FN2O3. The van der Waals surface area contributed by atoms with Gasteiger partial charge in [-0.3, -0.25) is 4.98 Å². The first-order valence-corrected chi connectivity index (χ1v) is 4.43. The lowest BCUT2D eigenvalue weighted by atomic mass is 10.3. The monoisotopic (exact) mass is 224 g/mol. The SMILES string of the molecule is COc1cc2ncc(F)c(O)c2nc1OC. The maximum atomic E-state index is 13.0. The number of methoxy groups -OCH3 is 2. The Morgan fingerprint density at radius 3 is 2.69 bits per heavy atom. The number of pyridine rings is 2. The van der Waals surface area contributed by atoms with Crippen LogP contribution in [0.5, 0.6) is 17.4 Å². The van der Waals surface area contributed by atoms with Gasteiger partial charge in [-0.25, -0.2) is 9.37 Å². The molecule has 0 aromatic carbocycles. The lowest BCUT2D eigenvalue weighted by Crippen LogP contribution is -1.96. The van der Waals surface area contributed by atoms with E-state index in [4.69, 9.17) is 9.47 Å². The van der Waals surface area contributed by atoms with Gasteiger partial charge in [0.05, 0.1) is 25.9 Å². The first-order chi connectivity index (χ1) is 7.67. The smallest absolute Gasteiger partial charge is 0.257 e. The number of aromatic nitrogens is 2. The van der Waals surface area contributed by atoms with Gasteiger partial charge in [-0.2, -0.15) is 0 Å². The molecule has 0 atom stereocenters. The summed E-state index contributed by atoms with van der Waals surface area (Å²) in [6.45, 7) is 0. The Hall–Kier alpha value is -2.11. The Kier molecular flexibility index (Phi) is 2.47. The molecule has 1 N–H and O–H groups in total. The zero-order chi connectivity index (χ0) is 11.7. The van der Waals surface area contributed by atoms with Crippen molar-refractivity contribution in [3.8, 4) is 17.4 Å². The van der Waals surface area contributed by atoms with Crippen LogP contribution in [-0.4, -0.2) is 29.3 Å². The average molecular weight is 224 g/mol. The van der Waals surface area contributed by atoms with E-state index < -0.39 is 11.6 Å². The Bertz CT molecular complexity index is 545. The average Bonchev–Trinajstić information content (AvgIpc) is 2.32. The molecule has 2 aromatic heterocycles. The van der Waals surface area contributed by atoms with Crippen molar-refractivity contribution in [2.45, 2.75) is 0 Å². The van der Waals surface area contributed by atoms with Crippen LogP contribution >= 0.6 is 0 Å². The molecular weight excluding hydrogens is 215 g/mol. The van der Waals surface area contributed by atoms with Crippen LogP contribution in [0.4, 0.5) is 4.39 Å². The van der Waals surface area contributed by atoms with E-state index in [0.29, 0.717) is 11.3 Å². The molecule has 6 heteroatoms. The van der Waals surface area contributed by atoms with Crippen molar-refractivity contribution in [1.82, 2.24) is 9.97 Å². The Labute approximate surface area is 90.5 Å². The zero-order valence-electron chi connectivity index (χ0n) is 8.69. The lowest BCUT2D eigenvalue weighted by Gasteiger charge is -2.08. The molecule has 2 aromatic rings. The summed E-state index contributed by atoms with van der Waals surface area (Å²) in [4.78, 5) is 7.72. The fourth-order valence-electron chi connectivity index (χ4n) is 1.33. The minimum Gasteiger partial charge on any atom is -0.503 e. The van der Waals surface area contributed by atoms with Gasteiger partial charge >= 0.3 is 0 Å². The summed E-state index contributed by atoms with van der Waals surface area (Å²) in [7, 11) is 2.86. The van der Waals surface area contributed by atoms with Crippen molar-refractivity contribution in [2.75, 3.05) is 14.2 Å². The molecule has 0 aliphatic heterocycles. The summed E-state index contributed by atoms with van der Waals surface area (Å²) in [5.74, 6) is -0.843. The highest BCUT2D eigenvalue weighted by Gasteiger charge is 2.14. The lowest BCUT2D eigenvalue weighted by molar-refractivity contribution is 0.344. The van der Waals surface area contributed by atoms with Crippen LogP contribution in [0.2, 0.25) is 0 Å². The fraction of sp³-hybridized carbons (Fsp3) is 0.200. The van der Waals surface area contributed by atoms with Gasteiger partial charge < -0.3 is 14.6 Å². The van der Waals surface area contributed by atoms with Crippen molar-refractivity contribution in [3.05, 3.63) is 18.1 Å². The standard InChI is InChI=1S/C10H9FN2O3/c1-15-7-3-6-8(13-10(7)16-2)9(14)5(11)4-12-6/h3-4H,1-2H3,(H,12,14). The number of halogens is 1. The quantitative estimate of drug-likeness (QED) is 0.837. The largest absolute Gasteiger partial charge is 0.503 e. The Morgan fingerprint density at radius 1 is 1.31 bits per heavy atom. The van der Waals surface area contributed by atoms with Gasteiger partial charge in [-0.15, -0.1) is 0 Å². The predicted molar refractivity (Wildman–Crippen MR) is 54.3 cm³/mol. The van der Waals surface area contributed by atoms with Gasteiger partial charge in [-0.05, 0) is 0 Å². The van der Waals surface area contributed by atoms with E-state index in [9.17, 15) is 9.50 Å². The molecule has 84 valence electrons. The van der Waals surface area contributed by atoms with Gasteiger partial charge in [0.25, 0.3) is 5.88 Å². The highest BCUT2D eigenvalue weighted by molar-refractivity contribution is 5.82. The highest BCUT2D eigenvalue weighted by Crippen LogP contribution is 2.32. The summed E-state index contributed by atoms with van der Waals surface area (Å²) in [5.41, 5.74) is 0.370. The summed E-state index contributed by atoms with van der Waals surface area (Å²) in [6.07, 6.45) is 0.922. The predicted octanol–water partition coefficient (Wildman–Crippen LogP) is 1.49. The van der Waals surface area contributed by atoms with E-state index in [0.717, 1.165) is 6.20 Å². The van der Waals surface area contributed by atoms with Crippen LogP contribution in [0.1, 0.15) is 0 Å². The summed E-state index contributed by atoms with van der Waals surface area (Å²) in [6, 6.07) is 1.51. The number of hydrogen-bond acceptors (Lipinski definition) is 5. The molecule has 0 unspecified atom stereocenters. The Balaban J connectivity index is 2.78. The molecule has 0 aliphatic carbocycles. The molecule has 5 nitrogen and oxygen atoms in total. The van der Waals surface area contributed by atoms with E-state index >= 15 is 0 Å². The van der Waals surface area contributed by atoms with Gasteiger partial charge in [0.2, 0.25) is 0 Å². The molecule has 2 rings (SSSR count). The molecule has 0 radical (unpaired) electrons. The van der Waals surface area contributed by atoms with E-state index in [1.54, 1.807) is 0 Å². The third-order valence-electron chi connectivity index (χ3n) is 2.12. The number of fused-ring (bicyclic) bond motifs is 1. The third-order valence-corrected chi connectivity index (χ3v) is 2.12. The van der Waals surface area contributed by atoms with Crippen molar-refractivity contribution >= 4 is 11.0 Å². The second-order valence-corrected chi connectivity index (χ2v) is 3.02. The molecule has 2 heterocycles. The molecule has 0 aliphatic rings. The molecule has 0 saturated heterocycles. The zero-order valence-corrected chi connectivity index (χ0v) is 8.69. The van der Waals surface area contributed by atoms with Crippen molar-refractivity contribution in [2.24, 2.45) is 0 Å². The molecule has 0 amide bonds. The van der Waals surface area contributed by atoms with Crippen LogP contribution in [-0.2, 0) is 0 Å². The number of aromatic hydroxyl groups is 1. The van der Waals surface area contributed by atoms with Crippen LogP contribution < -0.4 is 9.47 Å². The minimum absolute atomic E-state index is 0.0395. The van der Waals surface area contributed by atoms with E-state index in [-0.39, 0.29) is 11.4 Å². The van der Waals surface area contributed by atoms with Gasteiger partial charge in [0, 0.05) is 6.07 Å². The van der Waals surface area contributed by atoms with Crippen LogP contribution in [0.25, 0.3) is 11.0 Å². The topological polar surface area (TPSA) is 64.5 Å². The molecule has 0 fully saturated rings. The minimum atomic E-state index is -0.827. The second kappa shape index (κ2) is 3.80. The number of ether oxygens (including phenoxy) is 2. The third kappa shape index (κ3) is 1.48. The molecule has 0 bridgehead atoms. The normalized spacial score (nSPS) is 10.4. The number of hydrogen-bond donors (Lipinski definition) is 1.